The molecule has 4 aromatic rings. The van der Waals surface area contributed by atoms with Gasteiger partial charge in [-0.15, -0.1) is 0 Å². The van der Waals surface area contributed by atoms with Gasteiger partial charge in [0.05, 0.1) is 16.7 Å². The molecule has 6 nitrogen and oxygen atoms in total. The quantitative estimate of drug-likeness (QED) is 0.436. The minimum Gasteiger partial charge on any atom is -0.381 e. The molecule has 4 rings (SSSR count). The molecule has 0 fully saturated rings. The molecule has 130 valence electrons. The highest BCUT2D eigenvalue weighted by atomic mass is 16.5. The van der Waals surface area contributed by atoms with E-state index in [0.717, 1.165) is 39.2 Å². The van der Waals surface area contributed by atoms with E-state index in [0.29, 0.717) is 12.4 Å². The highest BCUT2D eigenvalue weighted by molar-refractivity contribution is 5.96. The number of fused-ring (bicyclic) bond motifs is 1. The first kappa shape index (κ1) is 16.1. The predicted octanol–water partition coefficient (Wildman–Crippen LogP) is 3.64. The molecule has 0 saturated heterocycles. The number of aromatic nitrogens is 3. The predicted molar refractivity (Wildman–Crippen MR) is 101 cm³/mol. The van der Waals surface area contributed by atoms with E-state index in [9.17, 15) is 0 Å². The van der Waals surface area contributed by atoms with Crippen molar-refractivity contribution in [3.8, 4) is 11.1 Å². The topological polar surface area (TPSA) is 93.7 Å². The van der Waals surface area contributed by atoms with Crippen LogP contribution >= 0.6 is 0 Å². The third kappa shape index (κ3) is 2.65. The number of nitrogens with one attached hydrogen (secondary N) is 1. The van der Waals surface area contributed by atoms with Crippen LogP contribution in [0.2, 0.25) is 0 Å². The number of nitrogen functional groups attached to an aromatic ring is 1. The molecule has 0 atom stereocenters. The van der Waals surface area contributed by atoms with Crippen molar-refractivity contribution in [1.29, 1.82) is 5.41 Å². The van der Waals surface area contributed by atoms with Crippen molar-refractivity contribution in [3.63, 3.8) is 0 Å². The van der Waals surface area contributed by atoms with Crippen LogP contribution in [0.3, 0.4) is 0 Å². The van der Waals surface area contributed by atoms with Gasteiger partial charge in [-0.1, -0.05) is 41.6 Å². The first-order valence-corrected chi connectivity index (χ1v) is 8.36. The van der Waals surface area contributed by atoms with Gasteiger partial charge in [0.15, 0.2) is 11.7 Å². The number of nitrogens with zero attached hydrogens (tertiary/aromatic N) is 3. The fraction of sp³-hybridized carbons (Fsp3) is 0.150. The molecule has 0 aliphatic rings. The van der Waals surface area contributed by atoms with Crippen molar-refractivity contribution in [3.05, 3.63) is 71.4 Å². The van der Waals surface area contributed by atoms with Crippen molar-refractivity contribution in [2.45, 2.75) is 20.4 Å². The lowest BCUT2D eigenvalue weighted by Crippen LogP contribution is -2.18. The number of nitrogens with two attached hydrogens (primary N) is 1. The van der Waals surface area contributed by atoms with E-state index in [-0.39, 0.29) is 5.84 Å². The Kier molecular flexibility index (Phi) is 3.80. The lowest BCUT2D eigenvalue weighted by molar-refractivity contribution is 0.393. The second-order valence-corrected chi connectivity index (χ2v) is 6.32. The summed E-state index contributed by atoms with van der Waals surface area (Å²) in [7, 11) is 0. The highest BCUT2D eigenvalue weighted by Crippen LogP contribution is 2.30. The van der Waals surface area contributed by atoms with Gasteiger partial charge in [0.2, 0.25) is 0 Å². The van der Waals surface area contributed by atoms with E-state index in [4.69, 9.17) is 15.7 Å². The van der Waals surface area contributed by atoms with E-state index in [2.05, 4.69) is 16.2 Å². The smallest absolute Gasteiger partial charge is 0.176 e. The number of hydrogen-bond donors (Lipinski definition) is 2. The summed E-state index contributed by atoms with van der Waals surface area (Å²) >= 11 is 0. The zero-order valence-electron chi connectivity index (χ0n) is 14.7. The van der Waals surface area contributed by atoms with Crippen LogP contribution in [0.1, 0.15) is 22.8 Å². The molecule has 3 N–H and O–H groups in total. The molecule has 2 aromatic carbocycles. The Balaban J connectivity index is 1.91. The number of amidine groups is 1. The molecule has 26 heavy (non-hydrogen) atoms. The number of hydrogen-bond acceptors (Lipinski definition) is 4. The van der Waals surface area contributed by atoms with Gasteiger partial charge in [-0.3, -0.25) is 5.41 Å². The monoisotopic (exact) mass is 345 g/mol. The van der Waals surface area contributed by atoms with Gasteiger partial charge in [0.25, 0.3) is 0 Å². The molecule has 6 heteroatoms. The maximum Gasteiger partial charge on any atom is 0.176 e. The fourth-order valence-corrected chi connectivity index (χ4v) is 3.31. The largest absolute Gasteiger partial charge is 0.381 e. The summed E-state index contributed by atoms with van der Waals surface area (Å²) in [5, 5.41) is 11.9. The SMILES string of the molecule is Cc1noc(C)c1-c1ccc2nc(C(=N)N)n(Cc3ccccc3)c2c1. The molecule has 0 aliphatic carbocycles. The van der Waals surface area contributed by atoms with Crippen LogP contribution in [-0.4, -0.2) is 20.5 Å². The molecule has 0 amide bonds. The Morgan fingerprint density at radius 2 is 1.92 bits per heavy atom. The Morgan fingerprint density at radius 3 is 2.58 bits per heavy atom. The summed E-state index contributed by atoms with van der Waals surface area (Å²) < 4.78 is 7.29. The Bertz CT molecular complexity index is 1090. The van der Waals surface area contributed by atoms with Crippen LogP contribution < -0.4 is 5.73 Å². The maximum atomic E-state index is 7.91. The molecule has 0 saturated carbocycles. The van der Waals surface area contributed by atoms with Gasteiger partial charge >= 0.3 is 0 Å². The van der Waals surface area contributed by atoms with Gasteiger partial charge < -0.3 is 14.8 Å². The second-order valence-electron chi connectivity index (χ2n) is 6.32. The summed E-state index contributed by atoms with van der Waals surface area (Å²) in [6.07, 6.45) is 0. The van der Waals surface area contributed by atoms with Crippen LogP contribution in [0.4, 0.5) is 0 Å². The standard InChI is InChI=1S/C20H19N5O/c1-12-18(13(2)26-24-12)15-8-9-16-17(10-15)25(20(23-16)19(21)22)11-14-6-4-3-5-7-14/h3-10H,11H2,1-2H3,(H3,21,22). The number of imidazole rings is 1. The Hall–Kier alpha value is -3.41. The number of aryl methyl sites for hydroxylation is 2. The maximum absolute atomic E-state index is 7.91. The van der Waals surface area contributed by atoms with Crippen molar-refractivity contribution >= 4 is 16.9 Å². The second kappa shape index (κ2) is 6.15. The zero-order valence-corrected chi connectivity index (χ0v) is 14.7. The first-order valence-electron chi connectivity index (χ1n) is 8.36. The highest BCUT2D eigenvalue weighted by Gasteiger charge is 2.17. The van der Waals surface area contributed by atoms with Gasteiger partial charge in [0, 0.05) is 12.1 Å². The number of benzene rings is 2. The van der Waals surface area contributed by atoms with E-state index < -0.39 is 0 Å². The van der Waals surface area contributed by atoms with Crippen molar-refractivity contribution in [2.75, 3.05) is 0 Å². The molecule has 2 heterocycles. The van der Waals surface area contributed by atoms with Crippen molar-refractivity contribution < 1.29 is 4.52 Å². The van der Waals surface area contributed by atoms with Gasteiger partial charge in [-0.05, 0) is 37.1 Å². The molecule has 0 spiro atoms. The molecule has 0 radical (unpaired) electrons. The Labute approximate surface area is 150 Å². The van der Waals surface area contributed by atoms with E-state index >= 15 is 0 Å². The van der Waals surface area contributed by atoms with Gasteiger partial charge in [-0.2, -0.15) is 0 Å². The van der Waals surface area contributed by atoms with Crippen LogP contribution in [0.5, 0.6) is 0 Å². The van der Waals surface area contributed by atoms with Crippen molar-refractivity contribution in [1.82, 2.24) is 14.7 Å². The lowest BCUT2D eigenvalue weighted by Gasteiger charge is -2.09. The molecule has 0 aliphatic heterocycles. The van der Waals surface area contributed by atoms with E-state index in [1.165, 1.54) is 0 Å². The average molecular weight is 345 g/mol. The third-order valence-electron chi connectivity index (χ3n) is 4.49. The van der Waals surface area contributed by atoms with Crippen LogP contribution in [0.25, 0.3) is 22.2 Å². The normalized spacial score (nSPS) is 11.2. The lowest BCUT2D eigenvalue weighted by atomic mass is 10.0. The van der Waals surface area contributed by atoms with Crippen LogP contribution in [0.15, 0.2) is 53.1 Å². The summed E-state index contributed by atoms with van der Waals surface area (Å²) in [6.45, 7) is 4.43. The summed E-state index contributed by atoms with van der Waals surface area (Å²) in [6, 6.07) is 16.1. The fourth-order valence-electron chi connectivity index (χ4n) is 3.31. The summed E-state index contributed by atoms with van der Waals surface area (Å²) in [5.41, 5.74) is 11.5. The molecule has 2 aromatic heterocycles. The third-order valence-corrected chi connectivity index (χ3v) is 4.49. The molecule has 0 unspecified atom stereocenters. The van der Waals surface area contributed by atoms with Gasteiger partial charge in [0.1, 0.15) is 5.76 Å². The van der Waals surface area contributed by atoms with E-state index in [1.807, 2.05) is 60.9 Å². The zero-order chi connectivity index (χ0) is 18.3. The van der Waals surface area contributed by atoms with Crippen molar-refractivity contribution in [2.24, 2.45) is 5.73 Å². The molecule has 0 bridgehead atoms. The Morgan fingerprint density at radius 1 is 1.15 bits per heavy atom. The van der Waals surface area contributed by atoms with E-state index in [1.54, 1.807) is 0 Å². The first-order chi connectivity index (χ1) is 12.5. The molecular formula is C20H19N5O. The summed E-state index contributed by atoms with van der Waals surface area (Å²) in [5.74, 6) is 1.21. The minimum atomic E-state index is -0.0454. The average Bonchev–Trinajstić information content (AvgIpc) is 3.16. The van der Waals surface area contributed by atoms with Crippen LogP contribution in [-0.2, 0) is 6.54 Å². The number of rotatable bonds is 4. The summed E-state index contributed by atoms with van der Waals surface area (Å²) in [4.78, 5) is 4.55. The van der Waals surface area contributed by atoms with Crippen LogP contribution in [0, 0.1) is 19.3 Å². The molecular weight excluding hydrogens is 326 g/mol. The van der Waals surface area contributed by atoms with Gasteiger partial charge in [-0.25, -0.2) is 4.98 Å². The minimum absolute atomic E-state index is 0.0454.